The monoisotopic (exact) mass is 352 g/mol. The van der Waals surface area contributed by atoms with Crippen LogP contribution in [0.5, 0.6) is 5.75 Å². The second kappa shape index (κ2) is 7.08. The molecule has 136 valence electrons. The Morgan fingerprint density at radius 1 is 1.12 bits per heavy atom. The maximum Gasteiger partial charge on any atom is 0.348 e. The second-order valence-corrected chi connectivity index (χ2v) is 7.32. The third-order valence-corrected chi connectivity index (χ3v) is 5.59. The number of nitrogens with zero attached hydrogens (tertiary/aromatic N) is 2. The lowest BCUT2D eigenvalue weighted by molar-refractivity contribution is -0.159. The molecule has 26 heavy (non-hydrogen) atoms. The summed E-state index contributed by atoms with van der Waals surface area (Å²) in [7, 11) is 0. The molecule has 0 amide bonds. The minimum absolute atomic E-state index is 0.491. The number of carbonyl (C=O) groups is 1. The van der Waals surface area contributed by atoms with E-state index in [1.54, 1.807) is 12.4 Å². The maximum atomic E-state index is 12.0. The first-order valence-electron chi connectivity index (χ1n) is 9.30. The standard InChI is InChI=1S/C21H24N2O3/c24-20(25)21(26-19-5-4-17-2-1-3-18(17)14-19)8-12-23(13-9-21)15-16-6-10-22-11-7-16/h4-7,10-11,14H,1-3,8-9,12-13,15H2,(H,24,25). The Balaban J connectivity index is 1.44. The SMILES string of the molecule is O=C(O)C1(Oc2ccc3c(c2)CCC3)CCN(Cc2ccncc2)CC1. The summed E-state index contributed by atoms with van der Waals surface area (Å²) in [4.78, 5) is 18.3. The fraction of sp³-hybridized carbons (Fsp3) is 0.429. The van der Waals surface area contributed by atoms with Crippen LogP contribution in [0.25, 0.3) is 0 Å². The van der Waals surface area contributed by atoms with Gasteiger partial charge in [0.15, 0.2) is 0 Å². The van der Waals surface area contributed by atoms with Crippen molar-refractivity contribution in [1.29, 1.82) is 0 Å². The Bertz CT molecular complexity index is 783. The molecule has 0 atom stereocenters. The van der Waals surface area contributed by atoms with Crippen LogP contribution >= 0.6 is 0 Å². The van der Waals surface area contributed by atoms with Crippen molar-refractivity contribution in [3.05, 3.63) is 59.4 Å². The van der Waals surface area contributed by atoms with E-state index >= 15 is 0 Å². The van der Waals surface area contributed by atoms with Crippen LogP contribution in [0.15, 0.2) is 42.7 Å². The first-order chi connectivity index (χ1) is 12.6. The first kappa shape index (κ1) is 17.0. The lowest BCUT2D eigenvalue weighted by Crippen LogP contribution is -2.53. The third-order valence-electron chi connectivity index (χ3n) is 5.59. The van der Waals surface area contributed by atoms with E-state index in [9.17, 15) is 9.90 Å². The number of benzene rings is 1. The average molecular weight is 352 g/mol. The van der Waals surface area contributed by atoms with Crippen molar-refractivity contribution in [2.24, 2.45) is 0 Å². The van der Waals surface area contributed by atoms with Crippen LogP contribution in [-0.2, 0) is 24.2 Å². The largest absolute Gasteiger partial charge is 0.478 e. The molecule has 1 aliphatic carbocycles. The molecule has 1 N–H and O–H groups in total. The van der Waals surface area contributed by atoms with Crippen molar-refractivity contribution < 1.29 is 14.6 Å². The molecule has 2 aromatic rings. The van der Waals surface area contributed by atoms with Gasteiger partial charge in [-0.2, -0.15) is 0 Å². The van der Waals surface area contributed by atoms with E-state index in [4.69, 9.17) is 4.74 Å². The number of hydrogen-bond donors (Lipinski definition) is 1. The van der Waals surface area contributed by atoms with Crippen molar-refractivity contribution in [3.63, 3.8) is 0 Å². The molecule has 1 aromatic heterocycles. The molecule has 1 aliphatic heterocycles. The van der Waals surface area contributed by atoms with Gasteiger partial charge >= 0.3 is 5.97 Å². The number of aromatic nitrogens is 1. The molecule has 5 heteroatoms. The van der Waals surface area contributed by atoms with E-state index in [1.807, 2.05) is 24.3 Å². The molecule has 4 rings (SSSR count). The molecule has 1 aromatic carbocycles. The highest BCUT2D eigenvalue weighted by molar-refractivity contribution is 5.78. The van der Waals surface area contributed by atoms with Crippen LogP contribution < -0.4 is 4.74 Å². The Labute approximate surface area is 153 Å². The van der Waals surface area contributed by atoms with Crippen molar-refractivity contribution in [2.75, 3.05) is 13.1 Å². The molecule has 0 spiro atoms. The molecule has 0 saturated carbocycles. The smallest absolute Gasteiger partial charge is 0.348 e. The summed E-state index contributed by atoms with van der Waals surface area (Å²) >= 11 is 0. The number of hydrogen-bond acceptors (Lipinski definition) is 4. The van der Waals surface area contributed by atoms with Gasteiger partial charge in [-0.15, -0.1) is 0 Å². The summed E-state index contributed by atoms with van der Waals surface area (Å²) in [6, 6.07) is 10.1. The van der Waals surface area contributed by atoms with E-state index in [-0.39, 0.29) is 0 Å². The Kier molecular flexibility index (Phi) is 4.64. The Hall–Kier alpha value is -2.40. The predicted molar refractivity (Wildman–Crippen MR) is 98.2 cm³/mol. The predicted octanol–water partition coefficient (Wildman–Crippen LogP) is 3.07. The fourth-order valence-corrected chi connectivity index (χ4v) is 4.02. The number of fused-ring (bicyclic) bond motifs is 1. The normalized spacial score (nSPS) is 19.1. The van der Waals surface area contributed by atoms with E-state index in [2.05, 4.69) is 16.0 Å². The van der Waals surface area contributed by atoms with Gasteiger partial charge in [-0.1, -0.05) is 6.07 Å². The van der Waals surface area contributed by atoms with Gasteiger partial charge < -0.3 is 9.84 Å². The van der Waals surface area contributed by atoms with E-state index in [0.717, 1.165) is 19.4 Å². The van der Waals surface area contributed by atoms with E-state index < -0.39 is 11.6 Å². The molecule has 0 unspecified atom stereocenters. The van der Waals surface area contributed by atoms with Crippen LogP contribution in [0.3, 0.4) is 0 Å². The van der Waals surface area contributed by atoms with Gasteiger partial charge in [-0.05, 0) is 60.2 Å². The van der Waals surface area contributed by atoms with Gasteiger partial charge in [0.2, 0.25) is 5.60 Å². The van der Waals surface area contributed by atoms with Crippen LogP contribution in [0.1, 0.15) is 36.0 Å². The summed E-state index contributed by atoms with van der Waals surface area (Å²) in [5.74, 6) is -0.169. The quantitative estimate of drug-likeness (QED) is 0.896. The third kappa shape index (κ3) is 3.44. The zero-order chi connectivity index (χ0) is 18.0. The van der Waals surface area contributed by atoms with Gasteiger partial charge in [0, 0.05) is 44.9 Å². The Morgan fingerprint density at radius 2 is 1.85 bits per heavy atom. The number of ether oxygens (including phenoxy) is 1. The van der Waals surface area contributed by atoms with Crippen molar-refractivity contribution >= 4 is 5.97 Å². The lowest BCUT2D eigenvalue weighted by Gasteiger charge is -2.39. The van der Waals surface area contributed by atoms with Crippen LogP contribution in [0.2, 0.25) is 0 Å². The lowest BCUT2D eigenvalue weighted by atomic mass is 9.90. The fourth-order valence-electron chi connectivity index (χ4n) is 4.02. The summed E-state index contributed by atoms with van der Waals surface area (Å²) < 4.78 is 6.09. The molecular formula is C21H24N2O3. The molecular weight excluding hydrogens is 328 g/mol. The van der Waals surface area contributed by atoms with Crippen molar-refractivity contribution in [1.82, 2.24) is 9.88 Å². The molecule has 2 heterocycles. The number of pyridine rings is 1. The molecule has 1 saturated heterocycles. The van der Waals surface area contributed by atoms with Gasteiger partial charge in [-0.25, -0.2) is 4.79 Å². The number of carboxylic acid groups (broad SMARTS) is 1. The number of aryl methyl sites for hydroxylation is 2. The average Bonchev–Trinajstić information content (AvgIpc) is 3.12. The maximum absolute atomic E-state index is 12.0. The Morgan fingerprint density at radius 3 is 2.58 bits per heavy atom. The number of likely N-dealkylation sites (tertiary alicyclic amines) is 1. The van der Waals surface area contributed by atoms with E-state index in [1.165, 1.54) is 23.1 Å². The topological polar surface area (TPSA) is 62.7 Å². The van der Waals surface area contributed by atoms with Gasteiger partial charge in [0.25, 0.3) is 0 Å². The highest BCUT2D eigenvalue weighted by Crippen LogP contribution is 2.32. The van der Waals surface area contributed by atoms with Gasteiger partial charge in [0.05, 0.1) is 0 Å². The van der Waals surface area contributed by atoms with Crippen LogP contribution in [0.4, 0.5) is 0 Å². The van der Waals surface area contributed by atoms with Crippen molar-refractivity contribution in [3.8, 4) is 5.75 Å². The molecule has 1 fully saturated rings. The van der Waals surface area contributed by atoms with Crippen LogP contribution in [-0.4, -0.2) is 39.7 Å². The first-order valence-corrected chi connectivity index (χ1v) is 9.30. The highest BCUT2D eigenvalue weighted by Gasteiger charge is 2.44. The number of piperidine rings is 1. The van der Waals surface area contributed by atoms with Crippen molar-refractivity contribution in [2.45, 2.75) is 44.2 Å². The molecule has 0 bridgehead atoms. The minimum atomic E-state index is -1.12. The number of rotatable bonds is 5. The number of carboxylic acids is 1. The van der Waals surface area contributed by atoms with Crippen LogP contribution in [0, 0.1) is 0 Å². The van der Waals surface area contributed by atoms with Gasteiger partial charge in [0.1, 0.15) is 5.75 Å². The number of aliphatic carboxylic acids is 1. The summed E-state index contributed by atoms with van der Waals surface area (Å²) in [6.07, 6.45) is 7.91. The molecule has 2 aliphatic rings. The summed E-state index contributed by atoms with van der Waals surface area (Å²) in [5.41, 5.74) is 2.75. The highest BCUT2D eigenvalue weighted by atomic mass is 16.5. The zero-order valence-corrected chi connectivity index (χ0v) is 14.9. The molecule has 0 radical (unpaired) electrons. The minimum Gasteiger partial charge on any atom is -0.478 e. The molecule has 5 nitrogen and oxygen atoms in total. The zero-order valence-electron chi connectivity index (χ0n) is 14.9. The van der Waals surface area contributed by atoms with E-state index in [0.29, 0.717) is 31.7 Å². The summed E-state index contributed by atoms with van der Waals surface area (Å²) in [5, 5.41) is 9.87. The van der Waals surface area contributed by atoms with Gasteiger partial charge in [-0.3, -0.25) is 9.88 Å². The summed E-state index contributed by atoms with van der Waals surface area (Å²) in [6.45, 7) is 2.23. The second-order valence-electron chi connectivity index (χ2n) is 7.32.